The van der Waals surface area contributed by atoms with Gasteiger partial charge in [-0.25, -0.2) is 4.98 Å². The maximum atomic E-state index is 4.39. The van der Waals surface area contributed by atoms with Crippen molar-refractivity contribution in [3.63, 3.8) is 0 Å². The lowest BCUT2D eigenvalue weighted by molar-refractivity contribution is 0.592. The summed E-state index contributed by atoms with van der Waals surface area (Å²) >= 11 is 3.44. The molecule has 0 aromatic carbocycles. The third-order valence-electron chi connectivity index (χ3n) is 2.39. The van der Waals surface area contributed by atoms with E-state index in [1.165, 1.54) is 0 Å². The summed E-state index contributed by atoms with van der Waals surface area (Å²) in [6.45, 7) is 8.18. The molecular weight excluding hydrogens is 268 g/mol. The van der Waals surface area contributed by atoms with E-state index in [9.17, 15) is 0 Å². The summed E-state index contributed by atoms with van der Waals surface area (Å²) in [6, 6.07) is 0. The summed E-state index contributed by atoms with van der Waals surface area (Å²) in [6.07, 6.45) is 2.93. The largest absolute Gasteiger partial charge is 0.369 e. The fourth-order valence-electron chi connectivity index (χ4n) is 1.15. The molecule has 1 aromatic rings. The molecule has 0 saturated heterocycles. The van der Waals surface area contributed by atoms with Crippen molar-refractivity contribution < 1.29 is 0 Å². The van der Waals surface area contributed by atoms with Crippen LogP contribution in [0.15, 0.2) is 10.7 Å². The Morgan fingerprint density at radius 3 is 2.75 bits per heavy atom. The molecule has 1 unspecified atom stereocenters. The van der Waals surface area contributed by atoms with Gasteiger partial charge in [0.2, 0.25) is 5.95 Å². The van der Waals surface area contributed by atoms with Crippen molar-refractivity contribution in [1.82, 2.24) is 9.97 Å². The molecule has 0 radical (unpaired) electrons. The van der Waals surface area contributed by atoms with E-state index >= 15 is 0 Å². The smallest absolute Gasteiger partial charge is 0.224 e. The topological polar surface area (TPSA) is 49.8 Å². The molecule has 1 atom stereocenters. The van der Waals surface area contributed by atoms with Gasteiger partial charge in [-0.05, 0) is 28.8 Å². The highest BCUT2D eigenvalue weighted by molar-refractivity contribution is 9.10. The lowest BCUT2D eigenvalue weighted by Crippen LogP contribution is -2.13. The monoisotopic (exact) mass is 286 g/mol. The third kappa shape index (κ3) is 3.96. The molecule has 5 heteroatoms. The van der Waals surface area contributed by atoms with E-state index in [0.29, 0.717) is 11.9 Å². The van der Waals surface area contributed by atoms with Crippen LogP contribution in [0.1, 0.15) is 27.2 Å². The zero-order chi connectivity index (χ0) is 12.0. The molecule has 4 nitrogen and oxygen atoms in total. The van der Waals surface area contributed by atoms with Crippen molar-refractivity contribution in [3.8, 4) is 0 Å². The summed E-state index contributed by atoms with van der Waals surface area (Å²) in [5.74, 6) is 2.16. The minimum Gasteiger partial charge on any atom is -0.369 e. The van der Waals surface area contributed by atoms with Crippen LogP contribution in [0.3, 0.4) is 0 Å². The van der Waals surface area contributed by atoms with Gasteiger partial charge in [-0.1, -0.05) is 20.3 Å². The summed E-state index contributed by atoms with van der Waals surface area (Å²) in [5.41, 5.74) is 0. The van der Waals surface area contributed by atoms with Crippen LogP contribution in [0.5, 0.6) is 0 Å². The Bertz CT molecular complexity index is 330. The van der Waals surface area contributed by atoms with Gasteiger partial charge in [0, 0.05) is 19.3 Å². The first-order chi connectivity index (χ1) is 7.67. The van der Waals surface area contributed by atoms with E-state index in [4.69, 9.17) is 0 Å². The van der Waals surface area contributed by atoms with E-state index in [0.717, 1.165) is 29.8 Å². The molecule has 0 aliphatic carbocycles. The zero-order valence-electron chi connectivity index (χ0n) is 10.0. The van der Waals surface area contributed by atoms with Gasteiger partial charge in [0.1, 0.15) is 5.82 Å². The molecule has 0 bridgehead atoms. The lowest BCUT2D eigenvalue weighted by atomic mass is 10.1. The fourth-order valence-corrected chi connectivity index (χ4v) is 1.48. The van der Waals surface area contributed by atoms with Gasteiger partial charge in [0.25, 0.3) is 0 Å². The Hall–Kier alpha value is -0.840. The van der Waals surface area contributed by atoms with Gasteiger partial charge in [-0.15, -0.1) is 0 Å². The average Bonchev–Trinajstić information content (AvgIpc) is 2.29. The molecule has 1 heterocycles. The molecule has 1 rings (SSSR count). The van der Waals surface area contributed by atoms with E-state index in [1.807, 2.05) is 6.92 Å². The van der Waals surface area contributed by atoms with Crippen LogP contribution in [0.25, 0.3) is 0 Å². The van der Waals surface area contributed by atoms with Crippen molar-refractivity contribution in [1.29, 1.82) is 0 Å². The Kier molecular flexibility index (Phi) is 5.52. The molecule has 16 heavy (non-hydrogen) atoms. The standard InChI is InChI=1S/C11H19BrN4/c1-4-8(3)6-14-10-9(12)7-15-11(16-10)13-5-2/h7-8H,4-6H2,1-3H3,(H2,13,14,15,16). The summed E-state index contributed by atoms with van der Waals surface area (Å²) in [5, 5.41) is 6.42. The number of nitrogens with one attached hydrogen (secondary N) is 2. The first-order valence-electron chi connectivity index (χ1n) is 5.67. The number of hydrogen-bond acceptors (Lipinski definition) is 4. The highest BCUT2D eigenvalue weighted by atomic mass is 79.9. The number of nitrogens with zero attached hydrogens (tertiary/aromatic N) is 2. The van der Waals surface area contributed by atoms with E-state index in [-0.39, 0.29) is 0 Å². The maximum Gasteiger partial charge on any atom is 0.224 e. The fraction of sp³-hybridized carbons (Fsp3) is 0.636. The Morgan fingerprint density at radius 2 is 2.12 bits per heavy atom. The Balaban J connectivity index is 2.66. The molecule has 0 spiro atoms. The normalized spacial score (nSPS) is 12.2. The highest BCUT2D eigenvalue weighted by Gasteiger charge is 2.05. The zero-order valence-corrected chi connectivity index (χ0v) is 11.6. The Morgan fingerprint density at radius 1 is 1.38 bits per heavy atom. The van der Waals surface area contributed by atoms with Crippen LogP contribution in [0, 0.1) is 5.92 Å². The summed E-state index contributed by atoms with van der Waals surface area (Å²) < 4.78 is 0.900. The predicted molar refractivity (Wildman–Crippen MR) is 71.8 cm³/mol. The molecule has 2 N–H and O–H groups in total. The van der Waals surface area contributed by atoms with Crippen molar-refractivity contribution >= 4 is 27.7 Å². The van der Waals surface area contributed by atoms with Crippen LogP contribution in [-0.4, -0.2) is 23.1 Å². The quantitative estimate of drug-likeness (QED) is 0.844. The number of aromatic nitrogens is 2. The van der Waals surface area contributed by atoms with Crippen LogP contribution in [0.2, 0.25) is 0 Å². The molecule has 90 valence electrons. The van der Waals surface area contributed by atoms with Crippen LogP contribution >= 0.6 is 15.9 Å². The number of anilines is 2. The SMILES string of the molecule is CCNc1ncc(Br)c(NCC(C)CC)n1. The number of halogens is 1. The van der Waals surface area contributed by atoms with Crippen molar-refractivity contribution in [2.45, 2.75) is 27.2 Å². The van der Waals surface area contributed by atoms with E-state index < -0.39 is 0 Å². The van der Waals surface area contributed by atoms with Gasteiger partial charge in [0.15, 0.2) is 0 Å². The molecule has 1 aromatic heterocycles. The maximum absolute atomic E-state index is 4.39. The lowest BCUT2D eigenvalue weighted by Gasteiger charge is -2.12. The average molecular weight is 287 g/mol. The van der Waals surface area contributed by atoms with Crippen molar-refractivity contribution in [2.75, 3.05) is 23.7 Å². The first kappa shape index (κ1) is 13.2. The molecule has 0 aliphatic rings. The predicted octanol–water partition coefficient (Wildman–Crippen LogP) is 3.13. The first-order valence-corrected chi connectivity index (χ1v) is 6.46. The molecular formula is C11H19BrN4. The summed E-state index contributed by atoms with van der Waals surface area (Å²) in [7, 11) is 0. The molecule has 0 saturated carbocycles. The minimum absolute atomic E-state index is 0.643. The minimum atomic E-state index is 0.643. The third-order valence-corrected chi connectivity index (χ3v) is 2.97. The molecule has 0 aliphatic heterocycles. The van der Waals surface area contributed by atoms with Crippen LogP contribution in [-0.2, 0) is 0 Å². The second kappa shape index (κ2) is 6.68. The van der Waals surface area contributed by atoms with Crippen molar-refractivity contribution in [2.24, 2.45) is 5.92 Å². The number of rotatable bonds is 6. The van der Waals surface area contributed by atoms with E-state index in [2.05, 4.69) is 50.4 Å². The second-order valence-corrected chi connectivity index (χ2v) is 4.67. The second-order valence-electron chi connectivity index (χ2n) is 3.81. The summed E-state index contributed by atoms with van der Waals surface area (Å²) in [4.78, 5) is 8.55. The van der Waals surface area contributed by atoms with Gasteiger partial charge < -0.3 is 10.6 Å². The van der Waals surface area contributed by atoms with Crippen LogP contribution in [0.4, 0.5) is 11.8 Å². The van der Waals surface area contributed by atoms with Gasteiger partial charge in [0.05, 0.1) is 4.47 Å². The molecule has 0 amide bonds. The van der Waals surface area contributed by atoms with Crippen LogP contribution < -0.4 is 10.6 Å². The van der Waals surface area contributed by atoms with Crippen molar-refractivity contribution in [3.05, 3.63) is 10.7 Å². The number of hydrogen-bond donors (Lipinski definition) is 2. The van der Waals surface area contributed by atoms with Gasteiger partial charge in [-0.3, -0.25) is 0 Å². The van der Waals surface area contributed by atoms with Gasteiger partial charge >= 0.3 is 0 Å². The highest BCUT2D eigenvalue weighted by Crippen LogP contribution is 2.20. The Labute approximate surface area is 105 Å². The molecule has 0 fully saturated rings. The van der Waals surface area contributed by atoms with E-state index in [1.54, 1.807) is 6.20 Å². The van der Waals surface area contributed by atoms with Gasteiger partial charge in [-0.2, -0.15) is 4.98 Å².